The van der Waals surface area contributed by atoms with Crippen LogP contribution in [0.2, 0.25) is 0 Å². The van der Waals surface area contributed by atoms with E-state index >= 15 is 0 Å². The normalized spacial score (nSPS) is 26.7. The van der Waals surface area contributed by atoms with E-state index in [1.54, 1.807) is 7.05 Å². The molecule has 7 nitrogen and oxygen atoms in total. The van der Waals surface area contributed by atoms with Crippen molar-refractivity contribution in [3.05, 3.63) is 0 Å². The standard InChI is InChI=1S/C20H36N4O3/c1-21-20(22-9-4-11-26-14-16-8-12-27-15-16)23-18-7-10-24(13-18)19(25)17-5-2-3-6-17/h16-18H,2-15H2,1H3,(H2,21,22,23). The van der Waals surface area contributed by atoms with Crippen molar-refractivity contribution in [1.82, 2.24) is 15.5 Å². The number of rotatable bonds is 8. The van der Waals surface area contributed by atoms with Crippen molar-refractivity contribution >= 4 is 11.9 Å². The fraction of sp³-hybridized carbons (Fsp3) is 0.900. The Balaban J connectivity index is 1.27. The van der Waals surface area contributed by atoms with Gasteiger partial charge in [-0.25, -0.2) is 0 Å². The number of carbonyl (C=O) groups is 1. The van der Waals surface area contributed by atoms with Gasteiger partial charge in [-0.05, 0) is 32.1 Å². The number of likely N-dealkylation sites (tertiary alicyclic amines) is 1. The smallest absolute Gasteiger partial charge is 0.225 e. The predicted octanol–water partition coefficient (Wildman–Crippen LogP) is 1.39. The molecule has 2 atom stereocenters. The summed E-state index contributed by atoms with van der Waals surface area (Å²) in [6, 6.07) is 0.292. The maximum Gasteiger partial charge on any atom is 0.225 e. The van der Waals surface area contributed by atoms with Gasteiger partial charge in [0.25, 0.3) is 0 Å². The maximum atomic E-state index is 12.5. The van der Waals surface area contributed by atoms with Crippen LogP contribution < -0.4 is 10.6 Å². The van der Waals surface area contributed by atoms with E-state index < -0.39 is 0 Å². The van der Waals surface area contributed by atoms with Crippen molar-refractivity contribution < 1.29 is 14.3 Å². The fourth-order valence-electron chi connectivity index (χ4n) is 4.24. The molecule has 2 unspecified atom stereocenters. The van der Waals surface area contributed by atoms with E-state index in [9.17, 15) is 4.79 Å². The molecule has 0 spiro atoms. The summed E-state index contributed by atoms with van der Waals surface area (Å²) in [6.07, 6.45) is 7.63. The second-order valence-corrected chi connectivity index (χ2v) is 8.05. The molecule has 0 aromatic carbocycles. The van der Waals surface area contributed by atoms with Gasteiger partial charge >= 0.3 is 0 Å². The lowest BCUT2D eigenvalue weighted by Gasteiger charge is -2.21. The van der Waals surface area contributed by atoms with E-state index in [0.29, 0.717) is 17.9 Å². The van der Waals surface area contributed by atoms with Gasteiger partial charge in [-0.3, -0.25) is 9.79 Å². The highest BCUT2D eigenvalue weighted by atomic mass is 16.5. The zero-order valence-corrected chi connectivity index (χ0v) is 16.8. The second kappa shape index (κ2) is 10.9. The van der Waals surface area contributed by atoms with Crippen LogP contribution >= 0.6 is 0 Å². The molecule has 0 aromatic heterocycles. The van der Waals surface area contributed by atoms with E-state index in [0.717, 1.165) is 84.1 Å². The van der Waals surface area contributed by atoms with Crippen LogP contribution in [0.3, 0.4) is 0 Å². The van der Waals surface area contributed by atoms with E-state index in [-0.39, 0.29) is 5.92 Å². The number of nitrogens with one attached hydrogen (secondary N) is 2. The molecule has 154 valence electrons. The molecule has 3 aliphatic rings. The van der Waals surface area contributed by atoms with Crippen LogP contribution in [0.15, 0.2) is 4.99 Å². The summed E-state index contributed by atoms with van der Waals surface area (Å²) in [5.74, 6) is 2.03. The van der Waals surface area contributed by atoms with Crippen molar-refractivity contribution in [2.45, 2.75) is 51.0 Å². The quantitative estimate of drug-likeness (QED) is 0.378. The molecule has 0 radical (unpaired) electrons. The van der Waals surface area contributed by atoms with Crippen LogP contribution in [0, 0.1) is 11.8 Å². The molecule has 2 aliphatic heterocycles. The molecule has 0 aromatic rings. The van der Waals surface area contributed by atoms with E-state index in [4.69, 9.17) is 9.47 Å². The first-order valence-electron chi connectivity index (χ1n) is 10.7. The van der Waals surface area contributed by atoms with Gasteiger partial charge in [0, 0.05) is 57.8 Å². The predicted molar refractivity (Wildman–Crippen MR) is 106 cm³/mol. The highest BCUT2D eigenvalue weighted by Gasteiger charge is 2.32. The second-order valence-electron chi connectivity index (χ2n) is 8.05. The Kier molecular flexibility index (Phi) is 8.20. The van der Waals surface area contributed by atoms with Crippen LogP contribution in [-0.4, -0.2) is 75.9 Å². The molecule has 0 bridgehead atoms. The van der Waals surface area contributed by atoms with Crippen molar-refractivity contribution in [2.75, 3.05) is 53.1 Å². The van der Waals surface area contributed by atoms with Crippen LogP contribution in [0.5, 0.6) is 0 Å². The molecule has 2 saturated heterocycles. The number of hydrogen-bond donors (Lipinski definition) is 2. The lowest BCUT2D eigenvalue weighted by molar-refractivity contribution is -0.134. The van der Waals surface area contributed by atoms with Crippen molar-refractivity contribution in [3.8, 4) is 0 Å². The number of guanidine groups is 1. The number of hydrogen-bond acceptors (Lipinski definition) is 4. The van der Waals surface area contributed by atoms with Crippen molar-refractivity contribution in [3.63, 3.8) is 0 Å². The van der Waals surface area contributed by atoms with Crippen LogP contribution in [-0.2, 0) is 14.3 Å². The molecule has 2 heterocycles. The summed E-state index contributed by atoms with van der Waals surface area (Å²) in [7, 11) is 1.79. The molecular weight excluding hydrogens is 344 g/mol. The molecule has 27 heavy (non-hydrogen) atoms. The number of amides is 1. The number of carbonyl (C=O) groups excluding carboxylic acids is 1. The highest BCUT2D eigenvalue weighted by Crippen LogP contribution is 2.27. The highest BCUT2D eigenvalue weighted by molar-refractivity contribution is 5.81. The third-order valence-corrected chi connectivity index (χ3v) is 5.90. The summed E-state index contributed by atoms with van der Waals surface area (Å²) < 4.78 is 11.1. The number of ether oxygens (including phenoxy) is 2. The lowest BCUT2D eigenvalue weighted by Crippen LogP contribution is -2.45. The summed E-state index contributed by atoms with van der Waals surface area (Å²) in [5, 5.41) is 6.82. The molecule has 3 rings (SSSR count). The maximum absolute atomic E-state index is 12.5. The first-order chi connectivity index (χ1) is 13.3. The van der Waals surface area contributed by atoms with Gasteiger partial charge in [-0.1, -0.05) is 12.8 Å². The number of nitrogens with zero attached hydrogens (tertiary/aromatic N) is 2. The lowest BCUT2D eigenvalue weighted by atomic mass is 10.1. The Hall–Kier alpha value is -1.34. The monoisotopic (exact) mass is 380 g/mol. The van der Waals surface area contributed by atoms with E-state index in [2.05, 4.69) is 15.6 Å². The van der Waals surface area contributed by atoms with Crippen LogP contribution in [0.4, 0.5) is 0 Å². The Morgan fingerprint density at radius 1 is 1.26 bits per heavy atom. The molecule has 1 aliphatic carbocycles. The van der Waals surface area contributed by atoms with Gasteiger partial charge < -0.3 is 25.0 Å². The molecule has 1 saturated carbocycles. The Morgan fingerprint density at radius 3 is 2.85 bits per heavy atom. The Labute approximate surface area is 163 Å². The third kappa shape index (κ3) is 6.35. The van der Waals surface area contributed by atoms with Gasteiger partial charge in [-0.15, -0.1) is 0 Å². The zero-order valence-electron chi connectivity index (χ0n) is 16.8. The van der Waals surface area contributed by atoms with Crippen molar-refractivity contribution in [1.29, 1.82) is 0 Å². The topological polar surface area (TPSA) is 75.2 Å². The molecule has 1 amide bonds. The van der Waals surface area contributed by atoms with Crippen molar-refractivity contribution in [2.24, 2.45) is 16.8 Å². The van der Waals surface area contributed by atoms with E-state index in [1.165, 1.54) is 12.8 Å². The van der Waals surface area contributed by atoms with Gasteiger partial charge in [-0.2, -0.15) is 0 Å². The summed E-state index contributed by atoms with van der Waals surface area (Å²) >= 11 is 0. The molecule has 3 fully saturated rings. The first-order valence-corrected chi connectivity index (χ1v) is 10.7. The summed E-state index contributed by atoms with van der Waals surface area (Å²) in [6.45, 7) is 5.77. The van der Waals surface area contributed by atoms with Crippen LogP contribution in [0.1, 0.15) is 44.9 Å². The minimum Gasteiger partial charge on any atom is -0.381 e. The fourth-order valence-corrected chi connectivity index (χ4v) is 4.24. The largest absolute Gasteiger partial charge is 0.381 e. The Morgan fingerprint density at radius 2 is 2.11 bits per heavy atom. The Bertz CT molecular complexity index is 488. The summed E-state index contributed by atoms with van der Waals surface area (Å²) in [5.41, 5.74) is 0. The third-order valence-electron chi connectivity index (χ3n) is 5.90. The van der Waals surface area contributed by atoms with Gasteiger partial charge in [0.1, 0.15) is 0 Å². The van der Waals surface area contributed by atoms with Crippen LogP contribution in [0.25, 0.3) is 0 Å². The zero-order chi connectivity index (χ0) is 18.9. The minimum absolute atomic E-state index is 0.275. The van der Waals surface area contributed by atoms with Gasteiger partial charge in [0.05, 0.1) is 13.2 Å². The molecular formula is C20H36N4O3. The average Bonchev–Trinajstić information content (AvgIpc) is 3.45. The summed E-state index contributed by atoms with van der Waals surface area (Å²) in [4.78, 5) is 18.9. The number of aliphatic imine (C=N–C) groups is 1. The molecule has 2 N–H and O–H groups in total. The average molecular weight is 381 g/mol. The first kappa shape index (κ1) is 20.4. The van der Waals surface area contributed by atoms with Gasteiger partial charge in [0.2, 0.25) is 5.91 Å². The SMILES string of the molecule is CN=C(NCCCOCC1CCOC1)NC1CCN(C(=O)C2CCCC2)C1. The molecule has 7 heteroatoms. The van der Waals surface area contributed by atoms with Gasteiger partial charge in [0.15, 0.2) is 5.96 Å². The van der Waals surface area contributed by atoms with E-state index in [1.807, 2.05) is 4.90 Å². The minimum atomic E-state index is 0.275.